The number of nitrogens with zero attached hydrogens (tertiary/aromatic N) is 1. The molecule has 0 saturated carbocycles. The number of halogens is 1. The summed E-state index contributed by atoms with van der Waals surface area (Å²) in [4.78, 5) is 5.66. The fourth-order valence-corrected chi connectivity index (χ4v) is 4.47. The van der Waals surface area contributed by atoms with Crippen molar-refractivity contribution < 1.29 is 12.8 Å². The maximum Gasteiger partial charge on any atom is 0.238 e. The van der Waals surface area contributed by atoms with Gasteiger partial charge >= 0.3 is 0 Å². The second-order valence-corrected chi connectivity index (χ2v) is 9.32. The van der Waals surface area contributed by atoms with E-state index in [-0.39, 0.29) is 10.7 Å². The van der Waals surface area contributed by atoms with Crippen LogP contribution in [0.3, 0.4) is 0 Å². The van der Waals surface area contributed by atoms with Crippen molar-refractivity contribution >= 4 is 26.5 Å². The molecular weight excluding hydrogens is 409 g/mol. The number of anilines is 1. The molecule has 0 atom stereocenters. The summed E-state index contributed by atoms with van der Waals surface area (Å²) in [6, 6.07) is 12.6. The molecule has 8 heteroatoms. The maximum atomic E-state index is 13.4. The van der Waals surface area contributed by atoms with Crippen molar-refractivity contribution in [1.82, 2.24) is 4.98 Å². The zero-order valence-corrected chi connectivity index (χ0v) is 17.8. The van der Waals surface area contributed by atoms with Gasteiger partial charge in [-0.2, -0.15) is 0 Å². The Bertz CT molecular complexity index is 1050. The van der Waals surface area contributed by atoms with Gasteiger partial charge in [-0.15, -0.1) is 0 Å². The number of thiazole rings is 1. The van der Waals surface area contributed by atoms with Crippen LogP contribution in [0.15, 0.2) is 53.4 Å². The monoisotopic (exact) mass is 433 g/mol. The number of aromatic nitrogens is 1. The Kier molecular flexibility index (Phi) is 7.00. The minimum absolute atomic E-state index is 0.0587. The van der Waals surface area contributed by atoms with Gasteiger partial charge in [-0.1, -0.05) is 49.7 Å². The van der Waals surface area contributed by atoms with Gasteiger partial charge in [0.15, 0.2) is 5.13 Å². The van der Waals surface area contributed by atoms with Gasteiger partial charge in [0.1, 0.15) is 5.82 Å². The van der Waals surface area contributed by atoms with Gasteiger partial charge in [0.2, 0.25) is 10.0 Å². The molecule has 2 aromatic carbocycles. The van der Waals surface area contributed by atoms with Gasteiger partial charge in [-0.25, -0.2) is 22.9 Å². The van der Waals surface area contributed by atoms with E-state index in [4.69, 9.17) is 10.1 Å². The molecule has 0 amide bonds. The Labute approximate surface area is 174 Å². The summed E-state index contributed by atoms with van der Waals surface area (Å²) in [6.45, 7) is 3.01. The lowest BCUT2D eigenvalue weighted by Crippen LogP contribution is -2.11. The van der Waals surface area contributed by atoms with Gasteiger partial charge in [0.25, 0.3) is 0 Å². The first-order chi connectivity index (χ1) is 13.9. The largest absolute Gasteiger partial charge is 0.361 e. The molecule has 1 heterocycles. The van der Waals surface area contributed by atoms with Crippen molar-refractivity contribution in [2.24, 2.45) is 5.14 Å². The predicted octanol–water partition coefficient (Wildman–Crippen LogP) is 5.26. The first-order valence-electron chi connectivity index (χ1n) is 9.52. The van der Waals surface area contributed by atoms with E-state index in [0.717, 1.165) is 39.8 Å². The first-order valence-corrected chi connectivity index (χ1v) is 11.9. The summed E-state index contributed by atoms with van der Waals surface area (Å²) in [6.07, 6.45) is 4.63. The van der Waals surface area contributed by atoms with E-state index in [9.17, 15) is 12.8 Å². The number of sulfonamides is 1. The van der Waals surface area contributed by atoms with Crippen molar-refractivity contribution in [3.05, 3.63) is 54.3 Å². The second-order valence-electron chi connectivity index (χ2n) is 6.76. The topological polar surface area (TPSA) is 85.1 Å². The Morgan fingerprint density at radius 3 is 2.28 bits per heavy atom. The molecule has 0 unspecified atom stereocenters. The number of rotatable bonds is 9. The predicted molar refractivity (Wildman–Crippen MR) is 117 cm³/mol. The third kappa shape index (κ3) is 5.62. The fraction of sp³-hybridized carbons (Fsp3) is 0.286. The van der Waals surface area contributed by atoms with E-state index in [1.807, 2.05) is 0 Å². The standard InChI is InChI=1S/C21H24FN3O2S2/c1-2-3-4-5-14-24-21-25-19(15-6-10-17(22)11-7-15)20(28-21)16-8-12-18(13-9-16)29(23,26)27/h6-13H,2-5,14H2,1H3,(H,24,25)(H2,23,26,27). The highest BCUT2D eigenvalue weighted by atomic mass is 32.2. The van der Waals surface area contributed by atoms with E-state index in [1.54, 1.807) is 24.3 Å². The van der Waals surface area contributed by atoms with Crippen LogP contribution in [0, 0.1) is 5.82 Å². The molecule has 0 radical (unpaired) electrons. The smallest absolute Gasteiger partial charge is 0.238 e. The van der Waals surface area contributed by atoms with Crippen molar-refractivity contribution in [2.75, 3.05) is 11.9 Å². The number of hydrogen-bond acceptors (Lipinski definition) is 5. The average molecular weight is 434 g/mol. The molecular formula is C21H24FN3O2S2. The normalized spacial score (nSPS) is 11.6. The molecule has 0 aliphatic carbocycles. The zero-order valence-electron chi connectivity index (χ0n) is 16.2. The molecule has 3 N–H and O–H groups in total. The Balaban J connectivity index is 1.92. The van der Waals surface area contributed by atoms with Gasteiger partial charge in [-0.3, -0.25) is 0 Å². The van der Waals surface area contributed by atoms with Crippen LogP contribution in [0.4, 0.5) is 9.52 Å². The highest BCUT2D eigenvalue weighted by molar-refractivity contribution is 7.89. The summed E-state index contributed by atoms with van der Waals surface area (Å²) >= 11 is 1.49. The summed E-state index contributed by atoms with van der Waals surface area (Å²) in [5.74, 6) is -0.308. The lowest BCUT2D eigenvalue weighted by Gasteiger charge is -2.04. The third-order valence-corrected chi connectivity index (χ3v) is 6.49. The van der Waals surface area contributed by atoms with Gasteiger partial charge in [0, 0.05) is 12.1 Å². The minimum atomic E-state index is -3.75. The van der Waals surface area contributed by atoms with Crippen LogP contribution in [-0.2, 0) is 10.0 Å². The summed E-state index contributed by atoms with van der Waals surface area (Å²) in [7, 11) is -3.75. The van der Waals surface area contributed by atoms with Gasteiger partial charge in [-0.05, 0) is 48.4 Å². The Morgan fingerprint density at radius 1 is 1.00 bits per heavy atom. The number of primary sulfonamides is 1. The highest BCUT2D eigenvalue weighted by Crippen LogP contribution is 2.39. The molecule has 1 aromatic heterocycles. The van der Waals surface area contributed by atoms with Crippen LogP contribution in [0.2, 0.25) is 0 Å². The first kappa shape index (κ1) is 21.4. The lowest BCUT2D eigenvalue weighted by molar-refractivity contribution is 0.598. The molecule has 0 aliphatic rings. The second kappa shape index (κ2) is 9.47. The fourth-order valence-electron chi connectivity index (χ4n) is 2.94. The van der Waals surface area contributed by atoms with Crippen molar-refractivity contribution in [2.45, 2.75) is 37.5 Å². The molecule has 29 heavy (non-hydrogen) atoms. The minimum Gasteiger partial charge on any atom is -0.361 e. The highest BCUT2D eigenvalue weighted by Gasteiger charge is 2.16. The summed E-state index contributed by atoms with van der Waals surface area (Å²) in [5.41, 5.74) is 2.36. The van der Waals surface area contributed by atoms with Crippen LogP contribution < -0.4 is 10.5 Å². The number of hydrogen-bond donors (Lipinski definition) is 2. The molecule has 0 saturated heterocycles. The lowest BCUT2D eigenvalue weighted by atomic mass is 10.1. The van der Waals surface area contributed by atoms with Crippen molar-refractivity contribution in [1.29, 1.82) is 0 Å². The van der Waals surface area contributed by atoms with Crippen LogP contribution in [0.25, 0.3) is 21.7 Å². The van der Waals surface area contributed by atoms with Crippen LogP contribution >= 0.6 is 11.3 Å². The molecule has 154 valence electrons. The number of nitrogens with two attached hydrogens (primary N) is 1. The van der Waals surface area contributed by atoms with Crippen LogP contribution in [0.5, 0.6) is 0 Å². The quantitative estimate of drug-likeness (QED) is 0.451. The van der Waals surface area contributed by atoms with E-state index >= 15 is 0 Å². The average Bonchev–Trinajstić information content (AvgIpc) is 3.12. The Hall–Kier alpha value is -2.29. The summed E-state index contributed by atoms with van der Waals surface area (Å²) < 4.78 is 36.4. The van der Waals surface area contributed by atoms with E-state index in [2.05, 4.69) is 12.2 Å². The molecule has 0 aliphatic heterocycles. The molecule has 5 nitrogen and oxygen atoms in total. The van der Waals surface area contributed by atoms with Crippen molar-refractivity contribution in [3.63, 3.8) is 0 Å². The van der Waals surface area contributed by atoms with Crippen LogP contribution in [-0.4, -0.2) is 19.9 Å². The molecule has 3 aromatic rings. The molecule has 0 spiro atoms. The van der Waals surface area contributed by atoms with E-state index < -0.39 is 10.0 Å². The van der Waals surface area contributed by atoms with E-state index in [0.29, 0.717) is 0 Å². The molecule has 3 rings (SSSR count). The van der Waals surface area contributed by atoms with Crippen molar-refractivity contribution in [3.8, 4) is 21.7 Å². The molecule has 0 fully saturated rings. The number of benzene rings is 2. The third-order valence-electron chi connectivity index (χ3n) is 4.50. The summed E-state index contributed by atoms with van der Waals surface area (Å²) in [5, 5.41) is 9.34. The maximum absolute atomic E-state index is 13.4. The number of unbranched alkanes of at least 4 members (excludes halogenated alkanes) is 3. The van der Waals surface area contributed by atoms with E-state index in [1.165, 1.54) is 54.9 Å². The molecule has 0 bridgehead atoms. The number of nitrogens with one attached hydrogen (secondary N) is 1. The SMILES string of the molecule is CCCCCCNc1nc(-c2ccc(F)cc2)c(-c2ccc(S(N)(=O)=O)cc2)s1. The van der Waals surface area contributed by atoms with Gasteiger partial charge in [0.05, 0.1) is 15.5 Å². The van der Waals surface area contributed by atoms with Gasteiger partial charge < -0.3 is 5.32 Å². The van der Waals surface area contributed by atoms with Crippen LogP contribution in [0.1, 0.15) is 32.6 Å². The zero-order chi connectivity index (χ0) is 20.9. The Morgan fingerprint density at radius 2 is 1.66 bits per heavy atom.